The average molecular weight is 933 g/mol. The Morgan fingerprint density at radius 3 is 1.85 bits per heavy atom. The summed E-state index contributed by atoms with van der Waals surface area (Å²) in [5.41, 5.74) is 39.0. The van der Waals surface area contributed by atoms with Gasteiger partial charge in [0.1, 0.15) is 7.85 Å². The first-order chi connectivity index (χ1) is 34.3. The first-order valence-corrected chi connectivity index (χ1v) is 26.1. The number of nitrogens with two attached hydrogens (primary N) is 1. The van der Waals surface area contributed by atoms with Crippen molar-refractivity contribution in [3.05, 3.63) is 207 Å². The molecule has 2 N–H and O–H groups in total. The van der Waals surface area contributed by atoms with Gasteiger partial charge in [-0.15, -0.1) is 0 Å². The van der Waals surface area contributed by atoms with E-state index >= 15 is 0 Å². The lowest BCUT2D eigenvalue weighted by Gasteiger charge is -2.42. The van der Waals surface area contributed by atoms with Gasteiger partial charge in [0.15, 0.2) is 0 Å². The van der Waals surface area contributed by atoms with Gasteiger partial charge in [-0.3, -0.25) is 0 Å². The van der Waals surface area contributed by atoms with Crippen molar-refractivity contribution >= 4 is 46.8 Å². The summed E-state index contributed by atoms with van der Waals surface area (Å²) in [5.74, 6) is 0. The van der Waals surface area contributed by atoms with E-state index in [1.807, 2.05) is 0 Å². The summed E-state index contributed by atoms with van der Waals surface area (Å²) in [6.07, 6.45) is 3.28. The number of aryl methyl sites for hydroxylation is 5. The fourth-order valence-corrected chi connectivity index (χ4v) is 13.5. The molecule has 0 bridgehead atoms. The van der Waals surface area contributed by atoms with Crippen molar-refractivity contribution in [2.24, 2.45) is 0 Å². The lowest BCUT2D eigenvalue weighted by atomic mass is 9.62. The third-order valence-corrected chi connectivity index (χ3v) is 17.3. The van der Waals surface area contributed by atoms with E-state index in [2.05, 4.69) is 227 Å². The van der Waals surface area contributed by atoms with Crippen LogP contribution in [0.15, 0.2) is 146 Å². The zero-order chi connectivity index (χ0) is 50.3. The summed E-state index contributed by atoms with van der Waals surface area (Å²) >= 11 is 0. The number of anilines is 4. The Morgan fingerprint density at radius 1 is 0.444 bits per heavy atom. The van der Waals surface area contributed by atoms with E-state index in [1.165, 1.54) is 96.3 Å². The van der Waals surface area contributed by atoms with Gasteiger partial charge in [0.05, 0.1) is 5.69 Å². The van der Waals surface area contributed by atoms with Crippen molar-refractivity contribution in [1.29, 1.82) is 0 Å². The van der Waals surface area contributed by atoms with Crippen molar-refractivity contribution in [1.82, 2.24) is 0 Å². The van der Waals surface area contributed by atoms with Crippen LogP contribution in [0.5, 0.6) is 0 Å². The Labute approximate surface area is 429 Å². The molecule has 72 heavy (non-hydrogen) atoms. The average Bonchev–Trinajstić information content (AvgIpc) is 3.80. The van der Waals surface area contributed by atoms with E-state index in [0.717, 1.165) is 78.8 Å². The molecule has 0 saturated heterocycles. The molecule has 0 atom stereocenters. The van der Waals surface area contributed by atoms with Gasteiger partial charge in [-0.2, -0.15) is 0 Å². The monoisotopic (exact) mass is 933 g/mol. The van der Waals surface area contributed by atoms with Gasteiger partial charge in [-0.1, -0.05) is 156 Å². The van der Waals surface area contributed by atoms with Gasteiger partial charge >= 0.3 is 0 Å². The second-order valence-corrected chi connectivity index (χ2v) is 23.6. The van der Waals surface area contributed by atoms with E-state index < -0.39 is 0 Å². The van der Waals surface area contributed by atoms with E-state index in [-0.39, 0.29) is 16.2 Å². The molecule has 0 heterocycles. The molecule has 2 nitrogen and oxygen atoms in total. The van der Waals surface area contributed by atoms with E-state index in [0.29, 0.717) is 0 Å². The fourth-order valence-electron chi connectivity index (χ4n) is 13.5. The van der Waals surface area contributed by atoms with Crippen LogP contribution in [0.2, 0.25) is 0 Å². The molecular formula is C69H65BN2. The van der Waals surface area contributed by atoms with Crippen LogP contribution in [0, 0.1) is 34.6 Å². The maximum Gasteiger partial charge on any atom is 0.113 e. The fraction of sp³-hybridized carbons (Fsp3) is 0.246. The highest BCUT2D eigenvalue weighted by Gasteiger charge is 2.40. The second kappa shape index (κ2) is 16.2. The van der Waals surface area contributed by atoms with E-state index in [4.69, 9.17) is 13.6 Å². The first-order valence-electron chi connectivity index (χ1n) is 26.1. The first kappa shape index (κ1) is 46.0. The predicted octanol–water partition coefficient (Wildman–Crippen LogP) is 17.5. The normalized spacial score (nSPS) is 15.4. The van der Waals surface area contributed by atoms with E-state index in [9.17, 15) is 0 Å². The molecule has 3 aliphatic rings. The maximum absolute atomic E-state index is 7.39. The number of hydrogen-bond donors (Lipinski definition) is 1. The summed E-state index contributed by atoms with van der Waals surface area (Å²) in [6.45, 7) is 25.8. The molecule has 0 aromatic heterocycles. The lowest BCUT2D eigenvalue weighted by molar-refractivity contribution is 0.332. The third-order valence-electron chi connectivity index (χ3n) is 17.3. The highest BCUT2D eigenvalue weighted by molar-refractivity contribution is 6.32. The molecule has 0 amide bonds. The number of hydrogen-bond acceptors (Lipinski definition) is 2. The molecule has 0 saturated carbocycles. The Hall–Kier alpha value is -7.10. The van der Waals surface area contributed by atoms with Gasteiger partial charge in [0, 0.05) is 33.6 Å². The molecule has 0 unspecified atom stereocenters. The molecule has 354 valence electrons. The topological polar surface area (TPSA) is 29.3 Å². The summed E-state index contributed by atoms with van der Waals surface area (Å²) in [7, 11) is 6.66. The molecule has 0 fully saturated rings. The molecule has 12 rings (SSSR count). The lowest BCUT2D eigenvalue weighted by Crippen LogP contribution is -2.34. The zero-order valence-electron chi connectivity index (χ0n) is 44.1. The van der Waals surface area contributed by atoms with Crippen LogP contribution in [-0.4, -0.2) is 7.85 Å². The molecule has 0 spiro atoms. The van der Waals surface area contributed by atoms with Crippen molar-refractivity contribution in [2.75, 3.05) is 10.6 Å². The van der Waals surface area contributed by atoms with Crippen molar-refractivity contribution < 1.29 is 0 Å². The van der Waals surface area contributed by atoms with Crippen LogP contribution in [0.4, 0.5) is 22.7 Å². The molecule has 3 aliphatic carbocycles. The SMILES string of the molecule is [B]c1ccc(N(c2cc3c(cc2C)-c2cc4c(cc2C3)C(C)(C)CCC4(C)C)c2cc(-c3c(C)cc(C)cc3C)cc(-c3c(N)ccc4ccccc34)c2-c2ccc3c(c2)C(C)(C)c2ccccc2-3)c(C)c1. The largest absolute Gasteiger partial charge is 0.398 e. The molecule has 3 heteroatoms. The van der Waals surface area contributed by atoms with Gasteiger partial charge in [-0.05, 0) is 218 Å². The number of nitrogen functional groups attached to an aromatic ring is 1. The quantitative estimate of drug-likeness (QED) is 0.133. The number of nitrogens with zero attached hydrogens (tertiary/aromatic N) is 1. The number of rotatable bonds is 6. The van der Waals surface area contributed by atoms with Crippen molar-refractivity contribution in [3.63, 3.8) is 0 Å². The van der Waals surface area contributed by atoms with Crippen LogP contribution in [-0.2, 0) is 22.7 Å². The predicted molar refractivity (Wildman–Crippen MR) is 310 cm³/mol. The summed E-state index contributed by atoms with van der Waals surface area (Å²) in [5, 5.41) is 2.28. The Bertz CT molecular complexity index is 3760. The Kier molecular flexibility index (Phi) is 10.4. The van der Waals surface area contributed by atoms with Crippen molar-refractivity contribution in [2.45, 2.75) is 112 Å². The molecule has 0 aliphatic heterocycles. The van der Waals surface area contributed by atoms with Crippen LogP contribution in [0.1, 0.15) is 116 Å². The maximum atomic E-state index is 7.39. The zero-order valence-corrected chi connectivity index (χ0v) is 44.1. The third kappa shape index (κ3) is 7.05. The Balaban J connectivity index is 1.20. The van der Waals surface area contributed by atoms with Crippen LogP contribution in [0.3, 0.4) is 0 Å². The van der Waals surface area contributed by atoms with Crippen molar-refractivity contribution in [3.8, 4) is 55.6 Å². The number of benzene rings is 9. The van der Waals surface area contributed by atoms with Gasteiger partial charge in [0.2, 0.25) is 0 Å². The van der Waals surface area contributed by atoms with Crippen LogP contribution < -0.4 is 16.1 Å². The minimum atomic E-state index is -0.209. The van der Waals surface area contributed by atoms with Crippen LogP contribution >= 0.6 is 0 Å². The standard InChI is InChI=1S/C69H65BN2/c1-39-28-42(4)64(43(5)29-39)48-33-55(66-50-17-13-12-16-44(50)21-24-60(66)71)65(45-20-23-52-51-18-14-15-19-56(51)69(10,11)57(52)34-45)63(37-48)72(61-25-22-49(70)30-40(61)2)62-36-47-32-46-35-58-59(38-54(46)53(47)31-41(62)3)68(8,9)27-26-67(58,6)7/h12-25,28-31,33-38H,26-27,32,71H2,1-11H3. The summed E-state index contributed by atoms with van der Waals surface area (Å²) in [6, 6.07) is 55.3. The van der Waals surface area contributed by atoms with Gasteiger partial charge < -0.3 is 10.6 Å². The number of fused-ring (bicyclic) bond motifs is 8. The minimum absolute atomic E-state index is 0.122. The highest BCUT2D eigenvalue weighted by Crippen LogP contribution is 2.56. The smallest absolute Gasteiger partial charge is 0.113 e. The molecule has 9 aromatic carbocycles. The molecule has 2 radical (unpaired) electrons. The second-order valence-electron chi connectivity index (χ2n) is 23.6. The Morgan fingerprint density at radius 2 is 1.10 bits per heavy atom. The van der Waals surface area contributed by atoms with Gasteiger partial charge in [0.25, 0.3) is 0 Å². The molecular weight excluding hydrogens is 868 g/mol. The summed E-state index contributed by atoms with van der Waals surface area (Å²) < 4.78 is 0. The summed E-state index contributed by atoms with van der Waals surface area (Å²) in [4.78, 5) is 2.57. The van der Waals surface area contributed by atoms with Gasteiger partial charge in [-0.25, -0.2) is 0 Å². The minimum Gasteiger partial charge on any atom is -0.398 e. The van der Waals surface area contributed by atoms with Crippen LogP contribution in [0.25, 0.3) is 66.4 Å². The van der Waals surface area contributed by atoms with E-state index in [1.54, 1.807) is 0 Å². The molecule has 9 aromatic rings. The highest BCUT2D eigenvalue weighted by atomic mass is 15.1.